The maximum atomic E-state index is 13.1. The Labute approximate surface area is 187 Å². The molecule has 0 aliphatic carbocycles. The molecule has 0 saturated carbocycles. The van der Waals surface area contributed by atoms with Gasteiger partial charge in [0, 0.05) is 11.1 Å². The number of ether oxygens (including phenoxy) is 1. The monoisotopic (exact) mass is 457 g/mol. The number of benzene rings is 1. The van der Waals surface area contributed by atoms with Crippen molar-refractivity contribution in [3.8, 4) is 17.0 Å². The fourth-order valence-electron chi connectivity index (χ4n) is 4.19. The number of carbonyl (C=O) groups is 1. The van der Waals surface area contributed by atoms with Gasteiger partial charge in [0.2, 0.25) is 5.91 Å². The number of fused-ring (bicyclic) bond motifs is 1. The molecular formula is C21H23N5O3S2. The van der Waals surface area contributed by atoms with Gasteiger partial charge in [-0.15, -0.1) is 11.8 Å². The Hall–Kier alpha value is -2.59. The number of methoxy groups -OCH3 is 1. The van der Waals surface area contributed by atoms with Gasteiger partial charge in [0.15, 0.2) is 0 Å². The summed E-state index contributed by atoms with van der Waals surface area (Å²) in [6, 6.07) is 7.88. The van der Waals surface area contributed by atoms with Crippen molar-refractivity contribution in [3.05, 3.63) is 51.9 Å². The predicted molar refractivity (Wildman–Crippen MR) is 124 cm³/mol. The minimum Gasteiger partial charge on any atom is -0.497 e. The summed E-state index contributed by atoms with van der Waals surface area (Å²) in [5, 5.41) is 13.0. The Morgan fingerprint density at radius 2 is 1.94 bits per heavy atom. The van der Waals surface area contributed by atoms with Crippen molar-refractivity contribution < 1.29 is 9.53 Å². The Bertz CT molecular complexity index is 1140. The molecule has 2 aromatic heterocycles. The maximum Gasteiger partial charge on any atom is 0.270 e. The first-order valence-corrected chi connectivity index (χ1v) is 12.4. The van der Waals surface area contributed by atoms with Crippen LogP contribution in [0.25, 0.3) is 11.3 Å². The summed E-state index contributed by atoms with van der Waals surface area (Å²) in [4.78, 5) is 25.7. The second-order valence-electron chi connectivity index (χ2n) is 7.58. The lowest BCUT2D eigenvalue weighted by atomic mass is 10.0. The SMILES string of the molecule is COc1ccc(-c2[nH]ncc2[C@@H]2SCC(=O)Nc3c2c(=O)[nH]n3C2CCSCC2)cc1. The first-order chi connectivity index (χ1) is 15.2. The van der Waals surface area contributed by atoms with E-state index in [2.05, 4.69) is 20.6 Å². The van der Waals surface area contributed by atoms with Crippen LogP contribution < -0.4 is 15.6 Å². The number of nitrogens with one attached hydrogen (secondary N) is 3. The van der Waals surface area contributed by atoms with Crippen LogP contribution in [-0.4, -0.2) is 50.3 Å². The number of rotatable bonds is 4. The summed E-state index contributed by atoms with van der Waals surface area (Å²) < 4.78 is 7.15. The van der Waals surface area contributed by atoms with Crippen molar-refractivity contribution in [2.75, 3.05) is 29.7 Å². The minimum absolute atomic E-state index is 0.0961. The van der Waals surface area contributed by atoms with Gasteiger partial charge in [-0.1, -0.05) is 0 Å². The van der Waals surface area contributed by atoms with Crippen LogP contribution >= 0.6 is 23.5 Å². The van der Waals surface area contributed by atoms with Gasteiger partial charge in [0.1, 0.15) is 11.6 Å². The van der Waals surface area contributed by atoms with Crippen LogP contribution in [-0.2, 0) is 4.79 Å². The molecule has 10 heteroatoms. The highest BCUT2D eigenvalue weighted by Gasteiger charge is 2.34. The summed E-state index contributed by atoms with van der Waals surface area (Å²) in [6.45, 7) is 0. The zero-order valence-corrected chi connectivity index (χ0v) is 18.6. The molecule has 5 rings (SSSR count). The first kappa shape index (κ1) is 20.3. The van der Waals surface area contributed by atoms with E-state index in [1.807, 2.05) is 40.7 Å². The van der Waals surface area contributed by atoms with Gasteiger partial charge >= 0.3 is 0 Å². The van der Waals surface area contributed by atoms with Crippen molar-refractivity contribution in [3.63, 3.8) is 0 Å². The van der Waals surface area contributed by atoms with Crippen molar-refractivity contribution in [1.29, 1.82) is 0 Å². The van der Waals surface area contributed by atoms with E-state index in [1.165, 1.54) is 11.8 Å². The Morgan fingerprint density at radius 3 is 2.68 bits per heavy atom. The van der Waals surface area contributed by atoms with Crippen LogP contribution in [0.3, 0.4) is 0 Å². The number of hydrogen-bond acceptors (Lipinski definition) is 6. The molecule has 0 radical (unpaired) electrons. The quantitative estimate of drug-likeness (QED) is 0.555. The molecule has 0 unspecified atom stereocenters. The normalized spacial score (nSPS) is 19.5. The van der Waals surface area contributed by atoms with E-state index in [0.29, 0.717) is 11.4 Å². The van der Waals surface area contributed by atoms with E-state index in [9.17, 15) is 9.59 Å². The standard InChI is InChI=1S/C21H23N5O3S2/c1-29-14-4-2-12(3-5-14)18-15(10-22-24-18)19-17-20(23-16(27)11-31-19)26(25-21(17)28)13-6-8-30-9-7-13/h2-5,10,13,19H,6-9,11H2,1H3,(H,22,24)(H,23,27)(H,25,28)/t19-/m0/s1. The minimum atomic E-state index is -0.312. The summed E-state index contributed by atoms with van der Waals surface area (Å²) in [6.07, 6.45) is 3.70. The molecule has 1 fully saturated rings. The van der Waals surface area contributed by atoms with Crippen LogP contribution in [0.5, 0.6) is 5.75 Å². The van der Waals surface area contributed by atoms with Crippen LogP contribution in [0.4, 0.5) is 5.82 Å². The van der Waals surface area contributed by atoms with Gasteiger partial charge in [-0.3, -0.25) is 24.5 Å². The zero-order chi connectivity index (χ0) is 21.4. The van der Waals surface area contributed by atoms with Gasteiger partial charge in [0.25, 0.3) is 5.56 Å². The molecule has 0 bridgehead atoms. The lowest BCUT2D eigenvalue weighted by molar-refractivity contribution is -0.113. The van der Waals surface area contributed by atoms with E-state index in [1.54, 1.807) is 13.3 Å². The van der Waals surface area contributed by atoms with Gasteiger partial charge in [-0.25, -0.2) is 0 Å². The molecule has 1 amide bonds. The van der Waals surface area contributed by atoms with Gasteiger partial charge in [0.05, 0.1) is 41.6 Å². The third-order valence-electron chi connectivity index (χ3n) is 5.75. The molecule has 1 saturated heterocycles. The number of carbonyl (C=O) groups excluding carboxylic acids is 1. The molecule has 3 aromatic rings. The predicted octanol–water partition coefficient (Wildman–Crippen LogP) is 3.42. The lowest BCUT2D eigenvalue weighted by Crippen LogP contribution is -2.22. The van der Waals surface area contributed by atoms with Crippen molar-refractivity contribution in [2.45, 2.75) is 24.1 Å². The van der Waals surface area contributed by atoms with Crippen LogP contribution in [0.15, 0.2) is 35.3 Å². The van der Waals surface area contributed by atoms with E-state index < -0.39 is 0 Å². The molecule has 1 aromatic carbocycles. The number of thioether (sulfide) groups is 2. The number of nitrogens with zero attached hydrogens (tertiary/aromatic N) is 2. The fourth-order valence-corrected chi connectivity index (χ4v) is 6.41. The van der Waals surface area contributed by atoms with Crippen molar-refractivity contribution in [1.82, 2.24) is 20.0 Å². The van der Waals surface area contributed by atoms with Crippen LogP contribution in [0.2, 0.25) is 0 Å². The average molecular weight is 458 g/mol. The van der Waals surface area contributed by atoms with Gasteiger partial charge in [-0.2, -0.15) is 16.9 Å². The Kier molecular flexibility index (Phi) is 5.58. The largest absolute Gasteiger partial charge is 0.497 e. The molecular weight excluding hydrogens is 434 g/mol. The maximum absolute atomic E-state index is 13.1. The summed E-state index contributed by atoms with van der Waals surface area (Å²) in [5.41, 5.74) is 3.09. The van der Waals surface area contributed by atoms with Crippen LogP contribution in [0, 0.1) is 0 Å². The molecule has 8 nitrogen and oxygen atoms in total. The molecule has 0 spiro atoms. The second-order valence-corrected chi connectivity index (χ2v) is 9.90. The third kappa shape index (κ3) is 3.78. The first-order valence-electron chi connectivity index (χ1n) is 10.2. The number of hydrogen-bond donors (Lipinski definition) is 3. The molecule has 2 aliphatic heterocycles. The second kappa shape index (κ2) is 8.51. The number of aromatic nitrogens is 4. The molecule has 4 heterocycles. The highest BCUT2D eigenvalue weighted by atomic mass is 32.2. The van der Waals surface area contributed by atoms with E-state index in [-0.39, 0.29) is 28.5 Å². The lowest BCUT2D eigenvalue weighted by Gasteiger charge is -2.24. The van der Waals surface area contributed by atoms with Gasteiger partial charge < -0.3 is 10.1 Å². The molecule has 162 valence electrons. The Morgan fingerprint density at radius 1 is 1.16 bits per heavy atom. The van der Waals surface area contributed by atoms with E-state index in [4.69, 9.17) is 4.74 Å². The van der Waals surface area contributed by atoms with E-state index >= 15 is 0 Å². The van der Waals surface area contributed by atoms with Crippen molar-refractivity contribution in [2.24, 2.45) is 0 Å². The smallest absolute Gasteiger partial charge is 0.270 e. The fraction of sp³-hybridized carbons (Fsp3) is 0.381. The molecule has 2 aliphatic rings. The van der Waals surface area contributed by atoms with E-state index in [0.717, 1.165) is 46.9 Å². The van der Waals surface area contributed by atoms with Crippen LogP contribution in [0.1, 0.15) is 35.3 Å². The summed E-state index contributed by atoms with van der Waals surface area (Å²) >= 11 is 3.37. The number of anilines is 1. The van der Waals surface area contributed by atoms with Crippen molar-refractivity contribution >= 4 is 35.2 Å². The molecule has 3 N–H and O–H groups in total. The zero-order valence-electron chi connectivity index (χ0n) is 17.0. The summed E-state index contributed by atoms with van der Waals surface area (Å²) in [5.74, 6) is 3.64. The number of amides is 1. The summed E-state index contributed by atoms with van der Waals surface area (Å²) in [7, 11) is 1.63. The average Bonchev–Trinajstić information content (AvgIpc) is 3.36. The Balaban J connectivity index is 1.59. The molecule has 1 atom stereocenters. The number of H-pyrrole nitrogens is 2. The topological polar surface area (TPSA) is 105 Å². The molecule has 31 heavy (non-hydrogen) atoms. The highest BCUT2D eigenvalue weighted by Crippen LogP contribution is 2.44. The third-order valence-corrected chi connectivity index (χ3v) is 8.05. The number of aromatic amines is 2. The highest BCUT2D eigenvalue weighted by molar-refractivity contribution is 8.00. The van der Waals surface area contributed by atoms with Gasteiger partial charge in [-0.05, 0) is 48.6 Å².